The molecule has 40 heavy (non-hydrogen) atoms. The van der Waals surface area contributed by atoms with Crippen molar-refractivity contribution in [3.8, 4) is 0 Å². The average Bonchev–Trinajstić information content (AvgIpc) is 2.85. The van der Waals surface area contributed by atoms with Crippen molar-refractivity contribution in [2.75, 3.05) is 10.8 Å². The van der Waals surface area contributed by atoms with Gasteiger partial charge in [0.2, 0.25) is 11.8 Å². The molecule has 1 atom stereocenters. The average molecular weight is 629 g/mol. The maximum atomic E-state index is 14.0. The Morgan fingerprint density at radius 2 is 1.43 bits per heavy atom. The zero-order chi connectivity index (χ0) is 29.8. The maximum Gasteiger partial charge on any atom is 0.264 e. The second-order valence-corrected chi connectivity index (χ2v) is 14.0. The first kappa shape index (κ1) is 31.4. The number of benzene rings is 3. The molecule has 0 aliphatic heterocycles. The van der Waals surface area contributed by atoms with Gasteiger partial charge in [-0.3, -0.25) is 13.9 Å². The Morgan fingerprint density at radius 1 is 0.875 bits per heavy atom. The molecule has 3 aromatic carbocycles. The number of nitrogens with one attached hydrogen (secondary N) is 1. The van der Waals surface area contributed by atoms with E-state index in [4.69, 9.17) is 0 Å². The molecule has 0 aliphatic rings. The number of sulfonamides is 1. The van der Waals surface area contributed by atoms with Gasteiger partial charge >= 0.3 is 0 Å². The lowest BCUT2D eigenvalue weighted by atomic mass is 10.1. The van der Waals surface area contributed by atoms with Gasteiger partial charge < -0.3 is 10.2 Å². The van der Waals surface area contributed by atoms with Gasteiger partial charge in [0.1, 0.15) is 12.6 Å². The molecule has 214 valence electrons. The molecule has 3 aromatic rings. The summed E-state index contributed by atoms with van der Waals surface area (Å²) in [5.74, 6) is -0.813. The van der Waals surface area contributed by atoms with Crippen molar-refractivity contribution in [2.24, 2.45) is 0 Å². The highest BCUT2D eigenvalue weighted by molar-refractivity contribution is 9.10. The zero-order valence-electron chi connectivity index (χ0n) is 24.2. The van der Waals surface area contributed by atoms with E-state index in [2.05, 4.69) is 21.2 Å². The van der Waals surface area contributed by atoms with Crippen molar-refractivity contribution in [3.63, 3.8) is 0 Å². The van der Waals surface area contributed by atoms with Crippen molar-refractivity contribution in [1.29, 1.82) is 0 Å². The maximum absolute atomic E-state index is 14.0. The van der Waals surface area contributed by atoms with Crippen LogP contribution in [-0.4, -0.2) is 43.3 Å². The molecule has 0 saturated carbocycles. The lowest BCUT2D eigenvalue weighted by Crippen LogP contribution is -2.54. The standard InChI is InChI=1S/C31H38BrN3O4S/c1-21-8-14-28(15-9-21)40(38,39)35(27-17-22(2)16-23(3)18-27)20-29(36)34(19-25-10-12-26(32)13-11-25)24(4)30(37)33-31(5,6)7/h8-18,24H,19-20H2,1-7H3,(H,33,37)/t24-/m1/s1. The molecule has 9 heteroatoms. The van der Waals surface area contributed by atoms with Crippen LogP contribution in [0.1, 0.15) is 49.9 Å². The summed E-state index contributed by atoms with van der Waals surface area (Å²) in [6.45, 7) is 12.6. The van der Waals surface area contributed by atoms with E-state index >= 15 is 0 Å². The van der Waals surface area contributed by atoms with Gasteiger partial charge in [0.25, 0.3) is 10.0 Å². The quantitative estimate of drug-likeness (QED) is 0.320. The Balaban J connectivity index is 2.07. The fourth-order valence-electron chi connectivity index (χ4n) is 4.30. The van der Waals surface area contributed by atoms with E-state index in [0.717, 1.165) is 31.0 Å². The first-order valence-electron chi connectivity index (χ1n) is 13.1. The summed E-state index contributed by atoms with van der Waals surface area (Å²) in [5.41, 5.74) is 3.37. The summed E-state index contributed by atoms with van der Waals surface area (Å²) in [6.07, 6.45) is 0. The number of halogens is 1. The molecule has 1 N–H and O–H groups in total. The van der Waals surface area contributed by atoms with Crippen LogP contribution in [-0.2, 0) is 26.2 Å². The Labute approximate surface area is 246 Å². The fourth-order valence-corrected chi connectivity index (χ4v) is 5.97. The van der Waals surface area contributed by atoms with Crippen LogP contribution >= 0.6 is 15.9 Å². The zero-order valence-corrected chi connectivity index (χ0v) is 26.6. The summed E-state index contributed by atoms with van der Waals surface area (Å²) in [4.78, 5) is 28.8. The third-order valence-electron chi connectivity index (χ3n) is 6.31. The Kier molecular flexibility index (Phi) is 9.85. The normalized spacial score (nSPS) is 12.5. The van der Waals surface area contributed by atoms with Crippen molar-refractivity contribution in [3.05, 3.63) is 93.5 Å². The minimum Gasteiger partial charge on any atom is -0.350 e. The number of amides is 2. The third kappa shape index (κ3) is 8.17. The van der Waals surface area contributed by atoms with Crippen molar-refractivity contribution >= 4 is 43.5 Å². The summed E-state index contributed by atoms with van der Waals surface area (Å²) < 4.78 is 30.0. The van der Waals surface area contributed by atoms with Gasteiger partial charge in [-0.1, -0.05) is 51.8 Å². The van der Waals surface area contributed by atoms with Crippen LogP contribution in [0.25, 0.3) is 0 Å². The molecular weight excluding hydrogens is 590 g/mol. The first-order valence-corrected chi connectivity index (χ1v) is 15.3. The molecule has 0 radical (unpaired) electrons. The summed E-state index contributed by atoms with van der Waals surface area (Å²) >= 11 is 3.43. The highest BCUT2D eigenvalue weighted by atomic mass is 79.9. The second kappa shape index (κ2) is 12.6. The minimum atomic E-state index is -4.11. The van der Waals surface area contributed by atoms with Crippen LogP contribution in [0.3, 0.4) is 0 Å². The van der Waals surface area contributed by atoms with E-state index in [9.17, 15) is 18.0 Å². The SMILES string of the molecule is Cc1ccc(S(=O)(=O)N(CC(=O)N(Cc2ccc(Br)cc2)[C@H](C)C(=O)NC(C)(C)C)c2cc(C)cc(C)c2)cc1. The number of hydrogen-bond acceptors (Lipinski definition) is 4. The van der Waals surface area contributed by atoms with Gasteiger partial charge in [0.05, 0.1) is 10.6 Å². The number of nitrogens with zero attached hydrogens (tertiary/aromatic N) is 2. The second-order valence-electron chi connectivity index (χ2n) is 11.2. The molecule has 0 aliphatic carbocycles. The number of aryl methyl sites for hydroxylation is 3. The number of anilines is 1. The summed E-state index contributed by atoms with van der Waals surface area (Å²) in [5, 5.41) is 2.94. The number of hydrogen-bond donors (Lipinski definition) is 1. The van der Waals surface area contributed by atoms with E-state index < -0.39 is 34.1 Å². The predicted octanol–water partition coefficient (Wildman–Crippen LogP) is 5.90. The number of rotatable bonds is 9. The molecular formula is C31H38BrN3O4S. The molecule has 7 nitrogen and oxygen atoms in total. The molecule has 0 aromatic heterocycles. The molecule has 3 rings (SSSR count). The minimum absolute atomic E-state index is 0.0862. The Bertz CT molecular complexity index is 1440. The van der Waals surface area contributed by atoms with Gasteiger partial charge in [-0.25, -0.2) is 8.42 Å². The monoisotopic (exact) mass is 627 g/mol. The molecule has 0 spiro atoms. The van der Waals surface area contributed by atoms with Crippen LogP contribution < -0.4 is 9.62 Å². The molecule has 0 unspecified atom stereocenters. The molecule has 0 fully saturated rings. The first-order chi connectivity index (χ1) is 18.6. The topological polar surface area (TPSA) is 86.8 Å². The lowest BCUT2D eigenvalue weighted by Gasteiger charge is -2.33. The largest absolute Gasteiger partial charge is 0.350 e. The van der Waals surface area contributed by atoms with Crippen LogP contribution in [0.2, 0.25) is 0 Å². The predicted molar refractivity (Wildman–Crippen MR) is 164 cm³/mol. The van der Waals surface area contributed by atoms with E-state index in [1.807, 2.05) is 71.9 Å². The molecule has 0 heterocycles. The van der Waals surface area contributed by atoms with E-state index in [0.29, 0.717) is 5.69 Å². The Morgan fingerprint density at radius 3 is 1.95 bits per heavy atom. The smallest absolute Gasteiger partial charge is 0.264 e. The van der Waals surface area contributed by atoms with Gasteiger partial charge in [-0.2, -0.15) is 0 Å². The van der Waals surface area contributed by atoms with Gasteiger partial charge in [0, 0.05) is 16.6 Å². The van der Waals surface area contributed by atoms with Gasteiger partial charge in [-0.05, 0) is 102 Å². The number of carbonyl (C=O) groups is 2. The third-order valence-corrected chi connectivity index (χ3v) is 8.63. The number of carbonyl (C=O) groups excluding carboxylic acids is 2. The molecule has 0 saturated heterocycles. The van der Waals surface area contributed by atoms with E-state index in [1.165, 1.54) is 4.90 Å². The summed E-state index contributed by atoms with van der Waals surface area (Å²) in [7, 11) is -4.11. The van der Waals surface area contributed by atoms with Crippen LogP contribution in [0.4, 0.5) is 5.69 Å². The summed E-state index contributed by atoms with van der Waals surface area (Å²) in [6, 6.07) is 18.6. The molecule has 2 amide bonds. The van der Waals surface area contributed by atoms with Crippen LogP contribution in [0.15, 0.2) is 76.1 Å². The molecule has 0 bridgehead atoms. The lowest BCUT2D eigenvalue weighted by molar-refractivity contribution is -0.140. The fraction of sp³-hybridized carbons (Fsp3) is 0.355. The van der Waals surface area contributed by atoms with Crippen LogP contribution in [0.5, 0.6) is 0 Å². The Hall–Kier alpha value is -3.17. The van der Waals surface area contributed by atoms with Gasteiger partial charge in [0.15, 0.2) is 0 Å². The van der Waals surface area contributed by atoms with Crippen molar-refractivity contribution < 1.29 is 18.0 Å². The van der Waals surface area contributed by atoms with Crippen molar-refractivity contribution in [2.45, 2.75) is 71.5 Å². The van der Waals surface area contributed by atoms with Crippen LogP contribution in [0, 0.1) is 20.8 Å². The van der Waals surface area contributed by atoms with E-state index in [1.54, 1.807) is 43.3 Å². The van der Waals surface area contributed by atoms with E-state index in [-0.39, 0.29) is 17.3 Å². The van der Waals surface area contributed by atoms with Gasteiger partial charge in [-0.15, -0.1) is 0 Å². The highest BCUT2D eigenvalue weighted by Gasteiger charge is 2.33. The highest BCUT2D eigenvalue weighted by Crippen LogP contribution is 2.27. The van der Waals surface area contributed by atoms with Crippen molar-refractivity contribution in [1.82, 2.24) is 10.2 Å².